The molecule has 2 bridgehead atoms. The van der Waals surface area contributed by atoms with E-state index in [1.54, 1.807) is 0 Å². The van der Waals surface area contributed by atoms with Crippen LogP contribution < -0.4 is 5.32 Å². The number of nitrogens with one attached hydrogen (secondary N) is 1. The Kier molecular flexibility index (Phi) is 6.03. The largest absolute Gasteiger partial charge is 0.370 e. The van der Waals surface area contributed by atoms with E-state index < -0.39 is 0 Å². The van der Waals surface area contributed by atoms with Gasteiger partial charge in [-0.25, -0.2) is 0 Å². The van der Waals surface area contributed by atoms with E-state index in [1.165, 1.54) is 0 Å². The van der Waals surface area contributed by atoms with E-state index in [4.69, 9.17) is 4.74 Å². The second-order valence-electron chi connectivity index (χ2n) is 7.59. The van der Waals surface area contributed by atoms with Crippen LogP contribution in [0.25, 0.3) is 0 Å². The normalized spacial score (nSPS) is 27.1. The highest BCUT2D eigenvalue weighted by Crippen LogP contribution is 2.32. The SMILES string of the molecule is CC(C)CNC(=O)C1CC2CN(C(=O)CN(C)C(C)C)CC1O2. The highest BCUT2D eigenvalue weighted by molar-refractivity contribution is 5.81. The molecule has 2 amide bonds. The summed E-state index contributed by atoms with van der Waals surface area (Å²) in [5.74, 6) is 0.507. The number of carbonyl (C=O) groups is 2. The van der Waals surface area contributed by atoms with Crippen LogP contribution in [0.3, 0.4) is 0 Å². The Morgan fingerprint density at radius 3 is 2.57 bits per heavy atom. The summed E-state index contributed by atoms with van der Waals surface area (Å²) in [5, 5.41) is 3.00. The second kappa shape index (κ2) is 7.62. The van der Waals surface area contributed by atoms with E-state index in [0.29, 0.717) is 38.1 Å². The van der Waals surface area contributed by atoms with Crippen molar-refractivity contribution in [2.75, 3.05) is 33.2 Å². The molecule has 6 heteroatoms. The third-order valence-corrected chi connectivity index (χ3v) is 4.80. The van der Waals surface area contributed by atoms with Crippen LogP contribution in [0.5, 0.6) is 0 Å². The molecular formula is C17H31N3O3. The van der Waals surface area contributed by atoms with Crippen LogP contribution in [0.15, 0.2) is 0 Å². The molecule has 2 aliphatic rings. The van der Waals surface area contributed by atoms with Crippen LogP contribution in [0.1, 0.15) is 34.1 Å². The van der Waals surface area contributed by atoms with E-state index in [0.717, 1.165) is 6.42 Å². The van der Waals surface area contributed by atoms with Gasteiger partial charge in [-0.1, -0.05) is 13.8 Å². The molecule has 2 heterocycles. The van der Waals surface area contributed by atoms with E-state index in [2.05, 4.69) is 33.0 Å². The number of fused-ring (bicyclic) bond motifs is 2. The van der Waals surface area contributed by atoms with Gasteiger partial charge in [-0.05, 0) is 33.2 Å². The minimum atomic E-state index is -0.158. The number of likely N-dealkylation sites (tertiary alicyclic amines) is 1. The van der Waals surface area contributed by atoms with Crippen LogP contribution >= 0.6 is 0 Å². The topological polar surface area (TPSA) is 61.9 Å². The summed E-state index contributed by atoms with van der Waals surface area (Å²) in [6, 6.07) is 0.339. The Bertz CT molecular complexity index is 439. The standard InChI is InChI=1S/C17H31N3O3/c1-11(2)7-18-17(22)14-6-13-8-20(9-15(14)23-13)16(21)10-19(5)12(3)4/h11-15H,6-10H2,1-5H3,(H,18,22). The Morgan fingerprint density at radius 2 is 1.96 bits per heavy atom. The van der Waals surface area contributed by atoms with Gasteiger partial charge in [-0.15, -0.1) is 0 Å². The molecule has 6 nitrogen and oxygen atoms in total. The lowest BCUT2D eigenvalue weighted by Crippen LogP contribution is -2.50. The Balaban J connectivity index is 1.89. The average molecular weight is 325 g/mol. The summed E-state index contributed by atoms with van der Waals surface area (Å²) in [7, 11) is 1.96. The van der Waals surface area contributed by atoms with Gasteiger partial charge >= 0.3 is 0 Å². The zero-order valence-corrected chi connectivity index (χ0v) is 15.0. The molecule has 2 saturated heterocycles. The summed E-state index contributed by atoms with van der Waals surface area (Å²) in [6.45, 7) is 10.5. The smallest absolute Gasteiger partial charge is 0.236 e. The molecule has 0 aromatic heterocycles. The molecule has 0 aromatic rings. The van der Waals surface area contributed by atoms with E-state index in [9.17, 15) is 9.59 Å². The predicted molar refractivity (Wildman–Crippen MR) is 89.0 cm³/mol. The van der Waals surface area contributed by atoms with E-state index in [1.807, 2.05) is 16.8 Å². The molecule has 2 rings (SSSR count). The van der Waals surface area contributed by atoms with Crippen molar-refractivity contribution in [3.8, 4) is 0 Å². The number of likely N-dealkylation sites (N-methyl/N-ethyl adjacent to an activating group) is 1. The third kappa shape index (κ3) is 4.67. The monoisotopic (exact) mass is 325 g/mol. The Labute approximate surface area is 139 Å². The van der Waals surface area contributed by atoms with Crippen LogP contribution in [0.4, 0.5) is 0 Å². The fourth-order valence-corrected chi connectivity index (χ4v) is 3.07. The lowest BCUT2D eigenvalue weighted by molar-refractivity contribution is -0.143. The molecule has 2 fully saturated rings. The van der Waals surface area contributed by atoms with Gasteiger partial charge < -0.3 is 15.0 Å². The van der Waals surface area contributed by atoms with Gasteiger partial charge in [0.25, 0.3) is 0 Å². The molecule has 1 N–H and O–H groups in total. The van der Waals surface area contributed by atoms with E-state index in [-0.39, 0.29) is 29.9 Å². The average Bonchev–Trinajstić information content (AvgIpc) is 2.78. The molecule has 0 aromatic carbocycles. The fourth-order valence-electron chi connectivity index (χ4n) is 3.07. The van der Waals surface area contributed by atoms with Crippen molar-refractivity contribution in [2.45, 2.75) is 52.4 Å². The summed E-state index contributed by atoms with van der Waals surface area (Å²) in [4.78, 5) is 28.7. The Hall–Kier alpha value is -1.14. The van der Waals surface area contributed by atoms with E-state index >= 15 is 0 Å². The first kappa shape index (κ1) is 18.2. The minimum absolute atomic E-state index is 0.00291. The van der Waals surface area contributed by atoms with Crippen molar-refractivity contribution in [2.24, 2.45) is 11.8 Å². The van der Waals surface area contributed by atoms with Crippen molar-refractivity contribution < 1.29 is 14.3 Å². The van der Waals surface area contributed by atoms with Crippen LogP contribution in [0.2, 0.25) is 0 Å². The second-order valence-corrected chi connectivity index (χ2v) is 7.59. The number of hydrogen-bond donors (Lipinski definition) is 1. The number of ether oxygens (including phenoxy) is 1. The van der Waals surface area contributed by atoms with Crippen LogP contribution in [0, 0.1) is 11.8 Å². The van der Waals surface area contributed by atoms with Crippen molar-refractivity contribution in [1.82, 2.24) is 15.1 Å². The van der Waals surface area contributed by atoms with Gasteiger partial charge in [-0.3, -0.25) is 14.5 Å². The summed E-state index contributed by atoms with van der Waals surface area (Å²) in [5.41, 5.74) is 0. The maximum Gasteiger partial charge on any atom is 0.236 e. The molecule has 0 saturated carbocycles. The third-order valence-electron chi connectivity index (χ3n) is 4.80. The maximum absolute atomic E-state index is 12.5. The van der Waals surface area contributed by atoms with Crippen molar-refractivity contribution in [1.29, 1.82) is 0 Å². The summed E-state index contributed by atoms with van der Waals surface area (Å²) in [6.07, 6.45) is 0.560. The highest BCUT2D eigenvalue weighted by atomic mass is 16.5. The van der Waals surface area contributed by atoms with Crippen molar-refractivity contribution in [3.63, 3.8) is 0 Å². The van der Waals surface area contributed by atoms with Crippen LogP contribution in [-0.4, -0.2) is 73.1 Å². The van der Waals surface area contributed by atoms with Gasteiger partial charge in [0.05, 0.1) is 24.7 Å². The van der Waals surface area contributed by atoms with Gasteiger partial charge in [0.2, 0.25) is 11.8 Å². The lowest BCUT2D eigenvalue weighted by atomic mass is 9.99. The maximum atomic E-state index is 12.5. The molecule has 132 valence electrons. The number of morpholine rings is 1. The molecule has 23 heavy (non-hydrogen) atoms. The molecule has 3 atom stereocenters. The van der Waals surface area contributed by atoms with Crippen molar-refractivity contribution >= 4 is 11.8 Å². The van der Waals surface area contributed by atoms with Crippen molar-refractivity contribution in [3.05, 3.63) is 0 Å². The Morgan fingerprint density at radius 1 is 1.26 bits per heavy atom. The van der Waals surface area contributed by atoms with Gasteiger partial charge in [0.1, 0.15) is 0 Å². The molecule has 0 spiro atoms. The molecule has 3 unspecified atom stereocenters. The first-order valence-electron chi connectivity index (χ1n) is 8.69. The predicted octanol–water partition coefficient (Wildman–Crippen LogP) is 0.715. The van der Waals surface area contributed by atoms with Gasteiger partial charge in [0, 0.05) is 25.7 Å². The molecular weight excluding hydrogens is 294 g/mol. The van der Waals surface area contributed by atoms with Crippen LogP contribution in [-0.2, 0) is 14.3 Å². The summed E-state index contributed by atoms with van der Waals surface area (Å²) < 4.78 is 5.90. The quantitative estimate of drug-likeness (QED) is 0.781. The number of nitrogens with zero attached hydrogens (tertiary/aromatic N) is 2. The minimum Gasteiger partial charge on any atom is -0.370 e. The zero-order valence-electron chi connectivity index (χ0n) is 15.0. The first-order valence-corrected chi connectivity index (χ1v) is 8.69. The summed E-state index contributed by atoms with van der Waals surface area (Å²) >= 11 is 0. The van der Waals surface area contributed by atoms with Gasteiger partial charge in [0.15, 0.2) is 0 Å². The molecule has 0 aliphatic carbocycles. The number of rotatable bonds is 6. The lowest BCUT2D eigenvalue weighted by Gasteiger charge is -2.34. The number of carbonyl (C=O) groups excluding carboxylic acids is 2. The highest BCUT2D eigenvalue weighted by Gasteiger charge is 2.45. The fraction of sp³-hybridized carbons (Fsp3) is 0.882. The zero-order chi connectivity index (χ0) is 17.1. The van der Waals surface area contributed by atoms with Gasteiger partial charge in [-0.2, -0.15) is 0 Å². The number of amides is 2. The number of hydrogen-bond acceptors (Lipinski definition) is 4. The first-order chi connectivity index (χ1) is 10.8. The molecule has 2 aliphatic heterocycles. The molecule has 0 radical (unpaired) electrons.